The van der Waals surface area contributed by atoms with Crippen molar-refractivity contribution in [1.82, 2.24) is 0 Å². The molecule has 0 rings (SSSR count). The van der Waals surface area contributed by atoms with Crippen LogP contribution in [0.4, 0.5) is 0 Å². The van der Waals surface area contributed by atoms with Gasteiger partial charge in [-0.2, -0.15) is 0 Å². The molecular formula is C4H4O6. The first-order valence-corrected chi connectivity index (χ1v) is 1.89. The lowest BCUT2D eigenvalue weighted by Gasteiger charge is -1.65. The molecule has 0 aliphatic heterocycles. The predicted octanol–water partition coefficient (Wildman–Crippen LogP) is -1.37. The van der Waals surface area contributed by atoms with E-state index in [9.17, 15) is 0 Å². The Morgan fingerprint density at radius 2 is 0.800 bits per heavy atom. The normalized spacial score (nSPS) is 5.60. The molecule has 10 heavy (non-hydrogen) atoms. The van der Waals surface area contributed by atoms with Crippen LogP contribution in [0, 0.1) is 0 Å². The largest absolute Gasteiger partial charge is 0.398 e. The van der Waals surface area contributed by atoms with Crippen LogP contribution in [-0.4, -0.2) is 25.9 Å². The number of carbonyl (C=O) groups excluding carboxylic acids is 4. The summed E-state index contributed by atoms with van der Waals surface area (Å²) >= 11 is 0. The summed E-state index contributed by atoms with van der Waals surface area (Å²) in [5.41, 5.74) is 0. The summed E-state index contributed by atoms with van der Waals surface area (Å²) in [5, 5.41) is 0. The third-order valence-corrected chi connectivity index (χ3v) is 0.222. The average Bonchev–Trinajstić information content (AvgIpc) is 1.93. The predicted molar refractivity (Wildman–Crippen MR) is 26.4 cm³/mol. The summed E-state index contributed by atoms with van der Waals surface area (Å²) in [4.78, 5) is 35.8. The Kier molecular flexibility index (Phi) is 17.4. The van der Waals surface area contributed by atoms with E-state index in [1.165, 1.54) is 0 Å². The van der Waals surface area contributed by atoms with Gasteiger partial charge in [-0.25, -0.2) is 0 Å². The highest BCUT2D eigenvalue weighted by Gasteiger charge is 1.59. The molecule has 0 N–H and O–H groups in total. The van der Waals surface area contributed by atoms with E-state index < -0.39 is 0 Å². The Morgan fingerprint density at radius 3 is 0.800 bits per heavy atom. The fraction of sp³-hybridized carbons (Fsp3) is 0. The lowest BCUT2D eigenvalue weighted by Crippen LogP contribution is -1.77. The summed E-state index contributed by atoms with van der Waals surface area (Å²) in [6.07, 6.45) is 0. The molecule has 0 saturated heterocycles. The molecule has 0 atom stereocenters. The lowest BCUT2D eigenvalue weighted by atomic mass is 11.5. The van der Waals surface area contributed by atoms with E-state index in [1.54, 1.807) is 0 Å². The van der Waals surface area contributed by atoms with E-state index in [0.717, 1.165) is 0 Å². The maximum Gasteiger partial charge on any atom is 0.300 e. The minimum absolute atomic E-state index is 0.0625. The van der Waals surface area contributed by atoms with Crippen molar-refractivity contribution in [3.8, 4) is 0 Å². The van der Waals surface area contributed by atoms with E-state index in [-0.39, 0.29) is 25.9 Å². The molecule has 6 nitrogen and oxygen atoms in total. The zero-order valence-electron chi connectivity index (χ0n) is 4.76. The van der Waals surface area contributed by atoms with Crippen molar-refractivity contribution >= 4 is 25.9 Å². The third kappa shape index (κ3) is 33.7. The third-order valence-electron chi connectivity index (χ3n) is 0.222. The number of hydrogen-bond donors (Lipinski definition) is 0. The molecule has 0 heterocycles. The van der Waals surface area contributed by atoms with Crippen LogP contribution in [0.1, 0.15) is 0 Å². The summed E-state index contributed by atoms with van der Waals surface area (Å²) in [6, 6.07) is 0. The van der Waals surface area contributed by atoms with Gasteiger partial charge in [0.05, 0.1) is 0 Å². The molecule has 0 unspecified atom stereocenters. The number of rotatable bonds is 4. The Labute approximate surface area is 55.7 Å². The van der Waals surface area contributed by atoms with Gasteiger partial charge in [-0.15, -0.1) is 0 Å². The Hall–Kier alpha value is -1.72. The second-order valence-electron chi connectivity index (χ2n) is 0.657. The average molecular weight is 148 g/mol. The molecule has 0 aromatic heterocycles. The van der Waals surface area contributed by atoms with Crippen molar-refractivity contribution in [3.05, 3.63) is 0 Å². The molecule has 0 aliphatic carbocycles. The summed E-state index contributed by atoms with van der Waals surface area (Å²) in [5.74, 6) is 0. The van der Waals surface area contributed by atoms with Crippen molar-refractivity contribution in [3.63, 3.8) is 0 Å². The van der Waals surface area contributed by atoms with Gasteiger partial charge in [0.2, 0.25) is 0 Å². The highest BCUT2D eigenvalue weighted by atomic mass is 16.6. The summed E-state index contributed by atoms with van der Waals surface area (Å²) in [6.45, 7) is 0.250. The number of carbonyl (C=O) groups is 4. The van der Waals surface area contributed by atoms with Crippen LogP contribution in [0.15, 0.2) is 0 Å². The molecule has 6 heteroatoms. The zero-order valence-corrected chi connectivity index (χ0v) is 4.76. The first-order valence-electron chi connectivity index (χ1n) is 1.89. The zero-order chi connectivity index (χ0) is 8.24. The van der Waals surface area contributed by atoms with Crippen LogP contribution >= 0.6 is 0 Å². The molecule has 56 valence electrons. The van der Waals surface area contributed by atoms with Crippen molar-refractivity contribution in [2.75, 3.05) is 0 Å². The van der Waals surface area contributed by atoms with Gasteiger partial charge < -0.3 is 9.47 Å². The summed E-state index contributed by atoms with van der Waals surface area (Å²) in [7, 11) is 0. The van der Waals surface area contributed by atoms with Gasteiger partial charge in [-0.05, 0) is 0 Å². The topological polar surface area (TPSA) is 86.7 Å². The Bertz CT molecular complexity index is 82.3. The molecular weight excluding hydrogens is 144 g/mol. The first kappa shape index (κ1) is 11.1. The minimum Gasteiger partial charge on any atom is -0.398 e. The van der Waals surface area contributed by atoms with Crippen LogP contribution < -0.4 is 0 Å². The van der Waals surface area contributed by atoms with E-state index in [4.69, 9.17) is 19.2 Å². The maximum atomic E-state index is 8.95. The minimum atomic E-state index is 0.0625. The van der Waals surface area contributed by atoms with E-state index in [2.05, 4.69) is 9.47 Å². The van der Waals surface area contributed by atoms with Gasteiger partial charge in [0.15, 0.2) is 0 Å². The first-order chi connectivity index (χ1) is 4.83. The van der Waals surface area contributed by atoms with Crippen molar-refractivity contribution in [1.29, 1.82) is 0 Å². The van der Waals surface area contributed by atoms with Gasteiger partial charge in [-0.1, -0.05) is 0 Å². The summed E-state index contributed by atoms with van der Waals surface area (Å²) < 4.78 is 6.94. The molecule has 0 amide bonds. The standard InChI is InChI=1S/2C2H2O3/c2*3-1-5-2-4/h2*1-2H. The highest BCUT2D eigenvalue weighted by Crippen LogP contribution is 1.41. The van der Waals surface area contributed by atoms with Gasteiger partial charge >= 0.3 is 25.9 Å². The second kappa shape index (κ2) is 15.7. The smallest absolute Gasteiger partial charge is 0.300 e. The van der Waals surface area contributed by atoms with Gasteiger partial charge in [0.1, 0.15) is 0 Å². The Morgan fingerprint density at radius 1 is 0.600 bits per heavy atom. The van der Waals surface area contributed by atoms with E-state index in [0.29, 0.717) is 0 Å². The maximum absolute atomic E-state index is 8.95. The van der Waals surface area contributed by atoms with Crippen molar-refractivity contribution in [2.24, 2.45) is 0 Å². The quantitative estimate of drug-likeness (QED) is 0.361. The van der Waals surface area contributed by atoms with Gasteiger partial charge in [0, 0.05) is 0 Å². The fourth-order valence-electron chi connectivity index (χ4n) is 0.0454. The molecule has 0 radical (unpaired) electrons. The van der Waals surface area contributed by atoms with Crippen LogP contribution in [0.5, 0.6) is 0 Å². The van der Waals surface area contributed by atoms with Crippen LogP contribution in [0.3, 0.4) is 0 Å². The molecule has 0 aromatic rings. The molecule has 0 bridgehead atoms. The lowest BCUT2D eigenvalue weighted by molar-refractivity contribution is -0.143. The molecule has 0 spiro atoms. The molecule has 0 saturated carbocycles. The van der Waals surface area contributed by atoms with Crippen LogP contribution in [0.25, 0.3) is 0 Å². The SMILES string of the molecule is O=COC=O.O=COC=O. The number of ether oxygens (including phenoxy) is 2. The Balaban J connectivity index is 0. The van der Waals surface area contributed by atoms with Crippen molar-refractivity contribution < 1.29 is 28.7 Å². The molecule has 0 aliphatic rings. The molecule has 0 fully saturated rings. The van der Waals surface area contributed by atoms with Crippen LogP contribution in [-0.2, 0) is 28.7 Å². The fourth-order valence-corrected chi connectivity index (χ4v) is 0.0454. The monoisotopic (exact) mass is 148 g/mol. The van der Waals surface area contributed by atoms with E-state index >= 15 is 0 Å². The van der Waals surface area contributed by atoms with Gasteiger partial charge in [0.25, 0.3) is 0 Å². The highest BCUT2D eigenvalue weighted by molar-refractivity contribution is 5.55. The van der Waals surface area contributed by atoms with Crippen LogP contribution in [0.2, 0.25) is 0 Å². The number of hydrogen-bond acceptors (Lipinski definition) is 6. The van der Waals surface area contributed by atoms with Gasteiger partial charge in [-0.3, -0.25) is 19.2 Å². The molecule has 0 aromatic carbocycles. The van der Waals surface area contributed by atoms with E-state index in [1.807, 2.05) is 0 Å². The van der Waals surface area contributed by atoms with Crippen molar-refractivity contribution in [2.45, 2.75) is 0 Å². The second-order valence-corrected chi connectivity index (χ2v) is 0.657.